The number of fused-ring (bicyclic) bond motifs is 1. The van der Waals surface area contributed by atoms with Gasteiger partial charge in [0.2, 0.25) is 0 Å². The fraction of sp³-hybridized carbons (Fsp3) is 0.261. The van der Waals surface area contributed by atoms with Gasteiger partial charge in [-0.3, -0.25) is 0 Å². The summed E-state index contributed by atoms with van der Waals surface area (Å²) >= 11 is 0. The van der Waals surface area contributed by atoms with Crippen molar-refractivity contribution >= 4 is 22.5 Å². The van der Waals surface area contributed by atoms with Gasteiger partial charge in [-0.15, -0.1) is 0 Å². The Labute approximate surface area is 160 Å². The van der Waals surface area contributed by atoms with E-state index in [1.165, 1.54) is 22.0 Å². The van der Waals surface area contributed by atoms with E-state index < -0.39 is 0 Å². The number of nitrogens with one attached hydrogen (secondary N) is 1. The van der Waals surface area contributed by atoms with Crippen LogP contribution in [0.3, 0.4) is 0 Å². The maximum atomic E-state index is 12.5. The molecule has 0 spiro atoms. The van der Waals surface area contributed by atoms with Crippen molar-refractivity contribution in [3.05, 3.63) is 78.4 Å². The minimum atomic E-state index is 0.0444. The molecule has 3 aromatic rings. The van der Waals surface area contributed by atoms with Crippen LogP contribution in [0.15, 0.2) is 72.8 Å². The lowest BCUT2D eigenvalue weighted by molar-refractivity contribution is 0.194. The predicted molar refractivity (Wildman–Crippen MR) is 111 cm³/mol. The van der Waals surface area contributed by atoms with Crippen molar-refractivity contribution in [3.8, 4) is 0 Å². The summed E-state index contributed by atoms with van der Waals surface area (Å²) in [6.45, 7) is 3.93. The highest BCUT2D eigenvalue weighted by molar-refractivity contribution is 5.85. The number of piperazine rings is 1. The highest BCUT2D eigenvalue weighted by Crippen LogP contribution is 2.19. The molecule has 0 radical (unpaired) electrons. The molecule has 0 saturated carbocycles. The van der Waals surface area contributed by atoms with E-state index in [4.69, 9.17) is 0 Å². The lowest BCUT2D eigenvalue weighted by atomic mass is 10.0. The average Bonchev–Trinajstić information content (AvgIpc) is 2.74. The summed E-state index contributed by atoms with van der Waals surface area (Å²) in [4.78, 5) is 16.7. The molecule has 1 heterocycles. The molecule has 0 atom stereocenters. The molecule has 1 saturated heterocycles. The number of carbonyl (C=O) groups is 1. The Kier molecular flexibility index (Phi) is 5.24. The fourth-order valence-corrected chi connectivity index (χ4v) is 3.73. The number of rotatable bonds is 4. The van der Waals surface area contributed by atoms with Crippen LogP contribution in [0, 0.1) is 0 Å². The summed E-state index contributed by atoms with van der Waals surface area (Å²) in [6, 6.07) is 25.2. The Morgan fingerprint density at radius 1 is 0.815 bits per heavy atom. The van der Waals surface area contributed by atoms with Gasteiger partial charge in [0.1, 0.15) is 0 Å². The van der Waals surface area contributed by atoms with Gasteiger partial charge < -0.3 is 15.1 Å². The number of benzene rings is 3. The van der Waals surface area contributed by atoms with Crippen molar-refractivity contribution < 1.29 is 4.79 Å². The molecule has 1 N–H and O–H groups in total. The molecule has 0 aromatic heterocycles. The molecule has 1 aliphatic rings. The van der Waals surface area contributed by atoms with Gasteiger partial charge in [0.15, 0.2) is 0 Å². The summed E-state index contributed by atoms with van der Waals surface area (Å²) in [5, 5.41) is 5.61. The van der Waals surface area contributed by atoms with Gasteiger partial charge in [-0.25, -0.2) is 4.79 Å². The maximum absolute atomic E-state index is 12.5. The standard InChI is InChI=1S/C23H25N3O/c27-23(26-17-15-25(16-18-26)21-10-2-1-3-11-21)24-14-13-20-9-6-8-19-7-4-5-12-22(19)20/h1-12H,13-18H2,(H,24,27). The normalized spacial score (nSPS) is 14.4. The van der Waals surface area contributed by atoms with Crippen LogP contribution in [0.5, 0.6) is 0 Å². The summed E-state index contributed by atoms with van der Waals surface area (Å²) in [7, 11) is 0. The van der Waals surface area contributed by atoms with Gasteiger partial charge in [-0.2, -0.15) is 0 Å². The van der Waals surface area contributed by atoms with Crippen molar-refractivity contribution in [3.63, 3.8) is 0 Å². The van der Waals surface area contributed by atoms with Gasteiger partial charge in [-0.1, -0.05) is 60.7 Å². The van der Waals surface area contributed by atoms with Crippen LogP contribution in [0.1, 0.15) is 5.56 Å². The molecule has 0 bridgehead atoms. The second-order valence-electron chi connectivity index (χ2n) is 6.93. The fourth-order valence-electron chi connectivity index (χ4n) is 3.73. The van der Waals surface area contributed by atoms with E-state index in [2.05, 4.69) is 76.9 Å². The van der Waals surface area contributed by atoms with Gasteiger partial charge in [-0.05, 0) is 34.9 Å². The molecule has 2 amide bonds. The van der Waals surface area contributed by atoms with Crippen molar-refractivity contribution in [1.82, 2.24) is 10.2 Å². The SMILES string of the molecule is O=C(NCCc1cccc2ccccc12)N1CCN(c2ccccc2)CC1. The van der Waals surface area contributed by atoms with E-state index in [-0.39, 0.29) is 6.03 Å². The third-order valence-corrected chi connectivity index (χ3v) is 5.24. The molecule has 27 heavy (non-hydrogen) atoms. The molecule has 4 rings (SSSR count). The third-order valence-electron chi connectivity index (χ3n) is 5.24. The first kappa shape index (κ1) is 17.4. The highest BCUT2D eigenvalue weighted by atomic mass is 16.2. The Balaban J connectivity index is 1.28. The number of carbonyl (C=O) groups excluding carboxylic acids is 1. The number of anilines is 1. The Hall–Kier alpha value is -3.01. The topological polar surface area (TPSA) is 35.6 Å². The van der Waals surface area contributed by atoms with Crippen LogP contribution in [-0.2, 0) is 6.42 Å². The number of nitrogens with zero attached hydrogens (tertiary/aromatic N) is 2. The molecule has 3 aromatic carbocycles. The van der Waals surface area contributed by atoms with Crippen molar-refractivity contribution in [2.75, 3.05) is 37.6 Å². The quantitative estimate of drug-likeness (QED) is 0.766. The van der Waals surface area contributed by atoms with Crippen LogP contribution in [0.25, 0.3) is 10.8 Å². The summed E-state index contributed by atoms with van der Waals surface area (Å²) < 4.78 is 0. The molecule has 138 valence electrons. The zero-order valence-corrected chi connectivity index (χ0v) is 15.5. The van der Waals surface area contributed by atoms with E-state index in [1.807, 2.05) is 11.0 Å². The Morgan fingerprint density at radius 3 is 2.33 bits per heavy atom. The maximum Gasteiger partial charge on any atom is 0.317 e. The van der Waals surface area contributed by atoms with E-state index in [0.29, 0.717) is 6.54 Å². The Bertz CT molecular complexity index is 896. The first-order valence-corrected chi connectivity index (χ1v) is 9.61. The van der Waals surface area contributed by atoms with E-state index >= 15 is 0 Å². The third kappa shape index (κ3) is 4.05. The zero-order valence-electron chi connectivity index (χ0n) is 15.5. The molecule has 1 aliphatic heterocycles. The zero-order chi connectivity index (χ0) is 18.5. The van der Waals surface area contributed by atoms with Crippen LogP contribution < -0.4 is 10.2 Å². The van der Waals surface area contributed by atoms with Crippen molar-refractivity contribution in [2.45, 2.75) is 6.42 Å². The molecular formula is C23H25N3O. The van der Waals surface area contributed by atoms with Gasteiger partial charge in [0.25, 0.3) is 0 Å². The largest absolute Gasteiger partial charge is 0.368 e. The monoisotopic (exact) mass is 359 g/mol. The van der Waals surface area contributed by atoms with Crippen molar-refractivity contribution in [1.29, 1.82) is 0 Å². The van der Waals surface area contributed by atoms with Crippen LogP contribution in [0.4, 0.5) is 10.5 Å². The smallest absolute Gasteiger partial charge is 0.317 e. The first-order chi connectivity index (χ1) is 13.3. The number of hydrogen-bond acceptors (Lipinski definition) is 2. The molecule has 0 unspecified atom stereocenters. The predicted octanol–water partition coefficient (Wildman–Crippen LogP) is 3.91. The summed E-state index contributed by atoms with van der Waals surface area (Å²) in [6.07, 6.45) is 0.844. The summed E-state index contributed by atoms with van der Waals surface area (Å²) in [5.74, 6) is 0. The van der Waals surface area contributed by atoms with Gasteiger partial charge in [0.05, 0.1) is 0 Å². The Morgan fingerprint density at radius 2 is 1.52 bits per heavy atom. The number of amides is 2. The minimum Gasteiger partial charge on any atom is -0.368 e. The first-order valence-electron chi connectivity index (χ1n) is 9.61. The molecule has 0 aliphatic carbocycles. The van der Waals surface area contributed by atoms with Crippen LogP contribution in [-0.4, -0.2) is 43.7 Å². The highest BCUT2D eigenvalue weighted by Gasteiger charge is 2.20. The van der Waals surface area contributed by atoms with Crippen LogP contribution in [0.2, 0.25) is 0 Å². The minimum absolute atomic E-state index is 0.0444. The number of para-hydroxylation sites is 1. The molecule has 4 heteroatoms. The lowest BCUT2D eigenvalue weighted by Crippen LogP contribution is -2.52. The van der Waals surface area contributed by atoms with Crippen LogP contribution >= 0.6 is 0 Å². The number of hydrogen-bond donors (Lipinski definition) is 1. The van der Waals surface area contributed by atoms with E-state index in [9.17, 15) is 4.79 Å². The molecule has 4 nitrogen and oxygen atoms in total. The summed E-state index contributed by atoms with van der Waals surface area (Å²) in [5.41, 5.74) is 2.51. The lowest BCUT2D eigenvalue weighted by Gasteiger charge is -2.36. The number of urea groups is 1. The van der Waals surface area contributed by atoms with Gasteiger partial charge in [0, 0.05) is 38.4 Å². The van der Waals surface area contributed by atoms with Crippen molar-refractivity contribution in [2.24, 2.45) is 0 Å². The molecule has 1 fully saturated rings. The molecular weight excluding hydrogens is 334 g/mol. The second-order valence-corrected chi connectivity index (χ2v) is 6.93. The van der Waals surface area contributed by atoms with E-state index in [1.54, 1.807) is 0 Å². The van der Waals surface area contributed by atoms with Gasteiger partial charge >= 0.3 is 6.03 Å². The average molecular weight is 359 g/mol. The van der Waals surface area contributed by atoms with E-state index in [0.717, 1.165) is 32.6 Å². The second kappa shape index (κ2) is 8.12.